The number of piperidine rings is 1. The maximum atomic E-state index is 15.2. The first-order valence-corrected chi connectivity index (χ1v) is 12.7. The Bertz CT molecular complexity index is 1640. The molecule has 1 amide bonds. The molecule has 5 aromatic rings. The summed E-state index contributed by atoms with van der Waals surface area (Å²) in [6, 6.07) is 17.6. The van der Waals surface area contributed by atoms with Crippen molar-refractivity contribution >= 4 is 49.7 Å². The molecule has 0 unspecified atom stereocenters. The molecule has 37 heavy (non-hydrogen) atoms. The van der Waals surface area contributed by atoms with Gasteiger partial charge in [0.15, 0.2) is 0 Å². The van der Waals surface area contributed by atoms with Crippen LogP contribution >= 0.6 is 11.3 Å². The van der Waals surface area contributed by atoms with Gasteiger partial charge in [0.1, 0.15) is 5.82 Å². The van der Waals surface area contributed by atoms with Gasteiger partial charge in [0.25, 0.3) is 11.8 Å². The fourth-order valence-corrected chi connectivity index (χ4v) is 5.27. The predicted molar refractivity (Wildman–Crippen MR) is 140 cm³/mol. The van der Waals surface area contributed by atoms with Gasteiger partial charge in [0, 0.05) is 60.0 Å². The number of nitrogens with zero attached hydrogens (tertiary/aromatic N) is 3. The number of carbonyl (C=O) groups is 1. The van der Waals surface area contributed by atoms with E-state index in [1.165, 1.54) is 11.0 Å². The van der Waals surface area contributed by atoms with Crippen LogP contribution in [0.4, 0.5) is 24.5 Å². The number of thiazole rings is 1. The van der Waals surface area contributed by atoms with Crippen molar-refractivity contribution in [2.75, 3.05) is 18.4 Å². The second-order valence-electron chi connectivity index (χ2n) is 9.09. The molecule has 0 atom stereocenters. The number of amides is 1. The summed E-state index contributed by atoms with van der Waals surface area (Å²) in [6.45, 7) is -0.0872. The normalized spacial score (nSPS) is 15.3. The van der Waals surface area contributed by atoms with Gasteiger partial charge in [-0.05, 0) is 54.1 Å². The molecule has 3 aromatic carbocycles. The number of carbonyl (C=O) groups excluding carboxylic acids is 1. The number of likely N-dealkylation sites (tertiary alicyclic amines) is 1. The maximum absolute atomic E-state index is 15.2. The number of anilines is 2. The highest BCUT2D eigenvalue weighted by Crippen LogP contribution is 2.33. The van der Waals surface area contributed by atoms with Crippen molar-refractivity contribution in [1.29, 1.82) is 0 Å². The lowest BCUT2D eigenvalue weighted by Crippen LogP contribution is -2.42. The molecule has 0 bridgehead atoms. The van der Waals surface area contributed by atoms with Crippen molar-refractivity contribution in [3.05, 3.63) is 83.8 Å². The summed E-state index contributed by atoms with van der Waals surface area (Å²) in [6.07, 6.45) is 0.958. The summed E-state index contributed by atoms with van der Waals surface area (Å²) in [5.41, 5.74) is 6.27. The minimum Gasteiger partial charge on any atom is -0.355 e. The molecule has 0 saturated carbocycles. The molecule has 1 N–H and O–H groups in total. The van der Waals surface area contributed by atoms with Gasteiger partial charge in [0.05, 0.1) is 21.2 Å². The maximum Gasteiger partial charge on any atom is 0.253 e. The lowest BCUT2D eigenvalue weighted by atomic mass is 9.99. The Morgan fingerprint density at radius 3 is 2.59 bits per heavy atom. The van der Waals surface area contributed by atoms with E-state index in [2.05, 4.69) is 15.3 Å². The molecule has 186 valence electrons. The first kappa shape index (κ1) is 23.4. The Hall–Kier alpha value is -3.98. The predicted octanol–water partition coefficient (Wildman–Crippen LogP) is 7.27. The number of pyridine rings is 1. The second kappa shape index (κ2) is 9.15. The number of hydrogen-bond acceptors (Lipinski definition) is 5. The highest BCUT2D eigenvalue weighted by molar-refractivity contribution is 7.16. The molecule has 0 aliphatic carbocycles. The molecule has 9 heteroatoms. The first-order chi connectivity index (χ1) is 17.9. The van der Waals surface area contributed by atoms with E-state index < -0.39 is 17.6 Å². The van der Waals surface area contributed by atoms with Crippen LogP contribution in [0, 0.1) is 5.82 Å². The van der Waals surface area contributed by atoms with E-state index in [9.17, 15) is 13.6 Å². The molecule has 1 aliphatic heterocycles. The van der Waals surface area contributed by atoms with Crippen LogP contribution in [0.15, 0.2) is 72.4 Å². The number of aromatic nitrogens is 2. The van der Waals surface area contributed by atoms with E-state index in [1.807, 2.05) is 36.4 Å². The summed E-state index contributed by atoms with van der Waals surface area (Å²) < 4.78 is 43.2. The number of rotatable bonds is 4. The number of halogens is 3. The van der Waals surface area contributed by atoms with Gasteiger partial charge in [-0.15, -0.1) is 11.3 Å². The van der Waals surface area contributed by atoms with Crippen molar-refractivity contribution in [1.82, 2.24) is 14.9 Å². The van der Waals surface area contributed by atoms with Gasteiger partial charge >= 0.3 is 0 Å². The third-order valence-corrected chi connectivity index (χ3v) is 7.47. The van der Waals surface area contributed by atoms with Crippen molar-refractivity contribution in [3.63, 3.8) is 0 Å². The quantitative estimate of drug-likeness (QED) is 0.272. The summed E-state index contributed by atoms with van der Waals surface area (Å²) in [5.74, 6) is -3.75. The molecule has 1 fully saturated rings. The highest BCUT2D eigenvalue weighted by atomic mass is 32.1. The Morgan fingerprint density at radius 1 is 0.946 bits per heavy atom. The fourth-order valence-electron chi connectivity index (χ4n) is 4.62. The van der Waals surface area contributed by atoms with Crippen molar-refractivity contribution in [2.45, 2.75) is 18.8 Å². The minimum atomic E-state index is -2.75. The van der Waals surface area contributed by atoms with Crippen LogP contribution in [-0.2, 0) is 0 Å². The number of alkyl halides is 2. The second-order valence-corrected chi connectivity index (χ2v) is 9.98. The van der Waals surface area contributed by atoms with Crippen LogP contribution < -0.4 is 5.32 Å². The highest BCUT2D eigenvalue weighted by Gasteiger charge is 2.35. The molecular weight excluding hydrogens is 497 g/mol. The van der Waals surface area contributed by atoms with Gasteiger partial charge in [-0.2, -0.15) is 0 Å². The van der Waals surface area contributed by atoms with E-state index in [0.29, 0.717) is 11.1 Å². The lowest BCUT2D eigenvalue weighted by molar-refractivity contribution is -0.0494. The van der Waals surface area contributed by atoms with Gasteiger partial charge < -0.3 is 10.2 Å². The topological polar surface area (TPSA) is 58.1 Å². The van der Waals surface area contributed by atoms with Gasteiger partial charge in [-0.3, -0.25) is 9.78 Å². The fraction of sp³-hybridized carbons (Fsp3) is 0.179. The Labute approximate surface area is 214 Å². The summed E-state index contributed by atoms with van der Waals surface area (Å²) in [4.78, 5) is 22.9. The SMILES string of the molecule is O=C(c1ccc(-c2ccc3nccc(Nc4ccc5scnc5c4)c3c2)c(F)c1)N1CCC(F)(F)CC1. The average Bonchev–Trinajstić information content (AvgIpc) is 3.36. The first-order valence-electron chi connectivity index (χ1n) is 11.8. The number of fused-ring (bicyclic) bond motifs is 2. The Balaban J connectivity index is 1.29. The van der Waals surface area contributed by atoms with Crippen LogP contribution in [-0.4, -0.2) is 39.8 Å². The standard InChI is InChI=1S/C28H21F3N4OS/c29-22-14-18(27(36)35-11-8-28(30,31)9-12-35)1-4-20(22)17-2-5-23-21(13-17)24(7-10-32-23)34-19-3-6-26-25(15-19)33-16-37-26/h1-7,10,13-16H,8-9,11-12H2,(H,32,34). The van der Waals surface area contributed by atoms with Crippen molar-refractivity contribution < 1.29 is 18.0 Å². The van der Waals surface area contributed by atoms with Crippen LogP contribution in [0.1, 0.15) is 23.2 Å². The van der Waals surface area contributed by atoms with E-state index in [4.69, 9.17) is 0 Å². The third-order valence-electron chi connectivity index (χ3n) is 6.66. The number of benzene rings is 3. The van der Waals surface area contributed by atoms with E-state index in [0.717, 1.165) is 32.5 Å². The summed E-state index contributed by atoms with van der Waals surface area (Å²) >= 11 is 1.58. The molecule has 6 rings (SSSR count). The van der Waals surface area contributed by atoms with Gasteiger partial charge in [-0.25, -0.2) is 18.2 Å². The molecule has 0 radical (unpaired) electrons. The smallest absolute Gasteiger partial charge is 0.253 e. The zero-order chi connectivity index (χ0) is 25.6. The largest absolute Gasteiger partial charge is 0.355 e. The molecule has 0 spiro atoms. The Kier molecular flexibility index (Phi) is 5.79. The summed E-state index contributed by atoms with van der Waals surface area (Å²) in [7, 11) is 0. The summed E-state index contributed by atoms with van der Waals surface area (Å²) in [5, 5.41) is 4.23. The molecule has 2 aromatic heterocycles. The zero-order valence-electron chi connectivity index (χ0n) is 19.5. The number of hydrogen-bond donors (Lipinski definition) is 1. The van der Waals surface area contributed by atoms with Crippen molar-refractivity contribution in [3.8, 4) is 11.1 Å². The monoisotopic (exact) mass is 518 g/mol. The van der Waals surface area contributed by atoms with E-state index >= 15 is 4.39 Å². The van der Waals surface area contributed by atoms with E-state index in [-0.39, 0.29) is 31.5 Å². The zero-order valence-corrected chi connectivity index (χ0v) is 20.4. The van der Waals surface area contributed by atoms with Crippen LogP contribution in [0.3, 0.4) is 0 Å². The lowest BCUT2D eigenvalue weighted by Gasteiger charge is -2.31. The number of nitrogens with one attached hydrogen (secondary N) is 1. The molecule has 3 heterocycles. The minimum absolute atomic E-state index is 0.0436. The van der Waals surface area contributed by atoms with Crippen LogP contribution in [0.25, 0.3) is 32.2 Å². The van der Waals surface area contributed by atoms with Gasteiger partial charge in [0.2, 0.25) is 0 Å². The Morgan fingerprint density at radius 2 is 1.78 bits per heavy atom. The third kappa shape index (κ3) is 4.62. The van der Waals surface area contributed by atoms with Crippen molar-refractivity contribution in [2.24, 2.45) is 0 Å². The molecule has 5 nitrogen and oxygen atoms in total. The molecule has 1 aliphatic rings. The van der Waals surface area contributed by atoms with E-state index in [1.54, 1.807) is 41.2 Å². The van der Waals surface area contributed by atoms with Crippen LogP contribution in [0.2, 0.25) is 0 Å². The molecule has 1 saturated heterocycles. The average molecular weight is 519 g/mol. The van der Waals surface area contributed by atoms with Crippen LogP contribution in [0.5, 0.6) is 0 Å². The van der Waals surface area contributed by atoms with Gasteiger partial charge in [-0.1, -0.05) is 12.1 Å². The molecular formula is C28H21F3N4OS.